The molecule has 1 aromatic carbocycles. The van der Waals surface area contributed by atoms with E-state index in [0.717, 1.165) is 36.0 Å². The molecular formula is C38H60. The Morgan fingerprint density at radius 3 is 2.08 bits per heavy atom. The van der Waals surface area contributed by atoms with Crippen LogP contribution in [0.15, 0.2) is 59.7 Å². The number of benzene rings is 1. The van der Waals surface area contributed by atoms with Crippen LogP contribution in [0.4, 0.5) is 0 Å². The molecule has 1 saturated carbocycles. The molecule has 0 aromatic heterocycles. The second kappa shape index (κ2) is 13.2. The highest BCUT2D eigenvalue weighted by molar-refractivity contribution is 5.39. The summed E-state index contributed by atoms with van der Waals surface area (Å²) in [4.78, 5) is 0. The van der Waals surface area contributed by atoms with Crippen LogP contribution in [0.25, 0.3) is 0 Å². The van der Waals surface area contributed by atoms with E-state index in [2.05, 4.69) is 100 Å². The topological polar surface area (TPSA) is 0 Å². The predicted molar refractivity (Wildman–Crippen MR) is 169 cm³/mol. The zero-order valence-electron chi connectivity index (χ0n) is 26.7. The van der Waals surface area contributed by atoms with Gasteiger partial charge in [-0.1, -0.05) is 115 Å². The summed E-state index contributed by atoms with van der Waals surface area (Å²) in [6.07, 6.45) is 7.89. The summed E-state index contributed by atoms with van der Waals surface area (Å²) in [6, 6.07) is 9.12. The predicted octanol–water partition coefficient (Wildman–Crippen LogP) is 11.6. The van der Waals surface area contributed by atoms with E-state index in [1.807, 2.05) is 0 Å². The Hall–Kier alpha value is -1.56. The van der Waals surface area contributed by atoms with Crippen molar-refractivity contribution in [2.24, 2.45) is 53.3 Å². The van der Waals surface area contributed by atoms with Gasteiger partial charge in [-0.2, -0.15) is 0 Å². The molecule has 0 saturated heterocycles. The van der Waals surface area contributed by atoms with Gasteiger partial charge in [0, 0.05) is 0 Å². The van der Waals surface area contributed by atoms with E-state index >= 15 is 0 Å². The Labute approximate surface area is 237 Å². The van der Waals surface area contributed by atoms with Gasteiger partial charge in [0.25, 0.3) is 0 Å². The third kappa shape index (κ3) is 6.77. The third-order valence-corrected chi connectivity index (χ3v) is 11.7. The molecule has 1 aromatic rings. The average molecular weight is 517 g/mol. The summed E-state index contributed by atoms with van der Waals surface area (Å²) >= 11 is 0. The Kier molecular flexibility index (Phi) is 10.8. The Morgan fingerprint density at radius 1 is 0.895 bits per heavy atom. The second-order valence-electron chi connectivity index (χ2n) is 14.1. The van der Waals surface area contributed by atoms with Crippen LogP contribution >= 0.6 is 0 Å². The molecule has 0 N–H and O–H groups in total. The van der Waals surface area contributed by atoms with Crippen LogP contribution in [0.3, 0.4) is 0 Å². The Balaban J connectivity index is 1.71. The van der Waals surface area contributed by atoms with Crippen molar-refractivity contribution in [1.82, 2.24) is 0 Å². The second-order valence-corrected chi connectivity index (χ2v) is 14.1. The molecule has 3 rings (SSSR count). The molecule has 0 amide bonds. The summed E-state index contributed by atoms with van der Waals surface area (Å²) in [5, 5.41) is 0. The van der Waals surface area contributed by atoms with Gasteiger partial charge in [0.15, 0.2) is 0 Å². The molecule has 3 unspecified atom stereocenters. The number of hydrogen-bond acceptors (Lipinski definition) is 0. The lowest BCUT2D eigenvalue weighted by Gasteiger charge is -2.44. The summed E-state index contributed by atoms with van der Waals surface area (Å²) < 4.78 is 0. The van der Waals surface area contributed by atoms with Crippen molar-refractivity contribution in [3.63, 3.8) is 0 Å². The third-order valence-electron chi connectivity index (χ3n) is 11.7. The minimum absolute atomic E-state index is 0.486. The quantitative estimate of drug-likeness (QED) is 0.256. The first-order chi connectivity index (χ1) is 17.9. The molecule has 1 fully saturated rings. The maximum atomic E-state index is 4.69. The van der Waals surface area contributed by atoms with Crippen molar-refractivity contribution in [3.05, 3.63) is 70.8 Å². The van der Waals surface area contributed by atoms with Gasteiger partial charge in [-0.25, -0.2) is 0 Å². The highest BCUT2D eigenvalue weighted by Crippen LogP contribution is 2.50. The fourth-order valence-corrected chi connectivity index (χ4v) is 8.51. The molecular weight excluding hydrogens is 456 g/mol. The highest BCUT2D eigenvalue weighted by Gasteiger charge is 2.40. The molecule has 2 aliphatic rings. The highest BCUT2D eigenvalue weighted by atomic mass is 14.4. The van der Waals surface area contributed by atoms with Crippen LogP contribution in [-0.4, -0.2) is 0 Å². The first-order valence-electron chi connectivity index (χ1n) is 16.0. The molecule has 0 bridgehead atoms. The molecule has 2 aliphatic carbocycles. The van der Waals surface area contributed by atoms with Crippen molar-refractivity contribution in [3.8, 4) is 0 Å². The number of rotatable bonds is 11. The van der Waals surface area contributed by atoms with Gasteiger partial charge in [0.2, 0.25) is 0 Å². The van der Waals surface area contributed by atoms with Gasteiger partial charge < -0.3 is 0 Å². The fourth-order valence-electron chi connectivity index (χ4n) is 8.51. The smallest absolute Gasteiger partial charge is 0.00999 e. The van der Waals surface area contributed by atoms with Gasteiger partial charge in [0.05, 0.1) is 0 Å². The monoisotopic (exact) mass is 516 g/mol. The van der Waals surface area contributed by atoms with E-state index in [0.29, 0.717) is 29.6 Å². The van der Waals surface area contributed by atoms with Gasteiger partial charge in [-0.05, 0) is 123 Å². The molecule has 0 aliphatic heterocycles. The van der Waals surface area contributed by atoms with Gasteiger partial charge >= 0.3 is 0 Å². The van der Waals surface area contributed by atoms with Crippen LogP contribution in [-0.2, 0) is 0 Å². The molecule has 0 radical (unpaired) electrons. The lowest BCUT2D eigenvalue weighted by atomic mass is 9.61. The zero-order valence-corrected chi connectivity index (χ0v) is 26.7. The molecule has 0 spiro atoms. The summed E-state index contributed by atoms with van der Waals surface area (Å²) in [6.45, 7) is 33.3. The van der Waals surface area contributed by atoms with Crippen LogP contribution in [0.2, 0.25) is 0 Å². The summed E-state index contributed by atoms with van der Waals surface area (Å²) in [7, 11) is 0. The van der Waals surface area contributed by atoms with Gasteiger partial charge in [-0.15, -0.1) is 0 Å². The van der Waals surface area contributed by atoms with Crippen molar-refractivity contribution >= 4 is 0 Å². The fraction of sp³-hybridized carbons (Fsp3) is 0.684. The maximum Gasteiger partial charge on any atom is -0.00999 e. The van der Waals surface area contributed by atoms with Gasteiger partial charge in [-0.3, -0.25) is 0 Å². The van der Waals surface area contributed by atoms with E-state index in [9.17, 15) is 0 Å². The van der Waals surface area contributed by atoms with Crippen molar-refractivity contribution in [2.45, 2.75) is 114 Å². The largest absolute Gasteiger partial charge is 0.0996 e. The van der Waals surface area contributed by atoms with Crippen LogP contribution < -0.4 is 0 Å². The maximum absolute atomic E-state index is 4.69. The zero-order chi connectivity index (χ0) is 28.3. The first-order valence-corrected chi connectivity index (χ1v) is 16.0. The summed E-state index contributed by atoms with van der Waals surface area (Å²) in [5.41, 5.74) is 8.69. The van der Waals surface area contributed by atoms with E-state index in [-0.39, 0.29) is 0 Å². The standard InChI is InChI=1S/C38H60/c1-13-33-22-35(32(12)29(9)31(33)11)19-16-25(5)38-36(21-27(7)37(38)23(2)3)20-26(6)28(8)30(10)34-17-14-24(4)15-18-34/h14-15,17-18,25,28-33,35-36,38H,2,6,13,16,19-22H2,1,3-5,7-12H3/t25?,28-,29-,30-,31-,32+,33-,35?,36?,38-/m0/s1. The number of aryl methyl sites for hydroxylation is 1. The Morgan fingerprint density at radius 2 is 1.50 bits per heavy atom. The van der Waals surface area contributed by atoms with E-state index in [1.165, 1.54) is 54.4 Å². The van der Waals surface area contributed by atoms with Crippen LogP contribution in [0.1, 0.15) is 118 Å². The number of hydrogen-bond donors (Lipinski definition) is 0. The van der Waals surface area contributed by atoms with Crippen LogP contribution in [0.5, 0.6) is 0 Å². The van der Waals surface area contributed by atoms with E-state index in [1.54, 1.807) is 11.1 Å². The molecule has 38 heavy (non-hydrogen) atoms. The van der Waals surface area contributed by atoms with Gasteiger partial charge in [0.1, 0.15) is 0 Å². The molecule has 0 nitrogen and oxygen atoms in total. The first kappa shape index (κ1) is 31.0. The normalized spacial score (nSPS) is 32.2. The van der Waals surface area contributed by atoms with Crippen LogP contribution in [0, 0.1) is 60.2 Å². The summed E-state index contributed by atoms with van der Waals surface area (Å²) in [5.74, 6) is 7.35. The Bertz CT molecular complexity index is 972. The van der Waals surface area contributed by atoms with E-state index < -0.39 is 0 Å². The molecule has 0 heteroatoms. The van der Waals surface area contributed by atoms with Crippen molar-refractivity contribution < 1.29 is 0 Å². The SMILES string of the molecule is C=C(C)C1=C(C)CC(CC(=C)[C@H](C)[C@H](C)c2ccc(C)cc2)[C@@H]1C(C)CCC1C[C@H](CC)[C@@H](C)[C@H](C)[C@H]1C. The van der Waals surface area contributed by atoms with Crippen molar-refractivity contribution in [2.75, 3.05) is 0 Å². The minimum atomic E-state index is 0.486. The minimum Gasteiger partial charge on any atom is -0.0996 e. The number of allylic oxidation sites excluding steroid dienone is 4. The van der Waals surface area contributed by atoms with E-state index in [4.69, 9.17) is 6.58 Å². The molecule has 10 atom stereocenters. The average Bonchev–Trinajstić information content (AvgIpc) is 3.21. The lowest BCUT2D eigenvalue weighted by molar-refractivity contribution is 0.0552. The molecule has 212 valence electrons. The molecule has 0 heterocycles. The lowest BCUT2D eigenvalue weighted by Crippen LogP contribution is -2.36. The van der Waals surface area contributed by atoms with Crippen molar-refractivity contribution in [1.29, 1.82) is 0 Å².